The zero-order valence-electron chi connectivity index (χ0n) is 12.7. The van der Waals surface area contributed by atoms with Gasteiger partial charge in [0.2, 0.25) is 5.91 Å². The fourth-order valence-electron chi connectivity index (χ4n) is 3.76. The van der Waals surface area contributed by atoms with Crippen LogP contribution in [0.2, 0.25) is 0 Å². The van der Waals surface area contributed by atoms with Crippen molar-refractivity contribution in [3.8, 4) is 0 Å². The third kappa shape index (κ3) is 2.30. The van der Waals surface area contributed by atoms with Gasteiger partial charge in [-0.3, -0.25) is 9.69 Å². The molecule has 1 aromatic carbocycles. The Labute approximate surface area is 131 Å². The molecule has 2 fully saturated rings. The molecule has 0 saturated carbocycles. The summed E-state index contributed by atoms with van der Waals surface area (Å²) in [6.45, 7) is 5.79. The van der Waals surface area contributed by atoms with Crippen LogP contribution in [0, 0.1) is 0 Å². The van der Waals surface area contributed by atoms with Gasteiger partial charge >= 0.3 is 0 Å². The normalized spacial score (nSPS) is 26.2. The first-order chi connectivity index (χ1) is 10.6. The van der Waals surface area contributed by atoms with Crippen molar-refractivity contribution in [3.63, 3.8) is 0 Å². The van der Waals surface area contributed by atoms with Crippen molar-refractivity contribution >= 4 is 5.91 Å². The molecule has 0 bridgehead atoms. The number of carbonyl (C=O) groups is 1. The molecule has 1 spiro atoms. The average molecular weight is 301 g/mol. The molecule has 3 N–H and O–H groups in total. The Morgan fingerprint density at radius 1 is 1.41 bits per heavy atom. The third-order valence-corrected chi connectivity index (χ3v) is 4.87. The first-order valence-electron chi connectivity index (χ1n) is 7.73. The van der Waals surface area contributed by atoms with E-state index in [-0.39, 0.29) is 18.6 Å². The maximum absolute atomic E-state index is 12.8. The monoisotopic (exact) mass is 301 g/mol. The number of nitrogens with zero attached hydrogens (tertiary/aromatic N) is 2. The van der Waals surface area contributed by atoms with Gasteiger partial charge in [-0.05, 0) is 18.4 Å². The molecule has 22 heavy (non-hydrogen) atoms. The second-order valence-electron chi connectivity index (χ2n) is 6.25. The van der Waals surface area contributed by atoms with Crippen LogP contribution in [0.5, 0.6) is 0 Å². The number of aliphatic hydroxyl groups is 1. The predicted molar refractivity (Wildman–Crippen MR) is 84.7 cm³/mol. The number of aliphatic hydroxyl groups excluding tert-OH is 1. The van der Waals surface area contributed by atoms with Gasteiger partial charge in [-0.1, -0.05) is 36.9 Å². The van der Waals surface area contributed by atoms with Crippen LogP contribution in [0.3, 0.4) is 0 Å². The minimum atomic E-state index is -0.482. The van der Waals surface area contributed by atoms with Crippen molar-refractivity contribution in [2.45, 2.75) is 31.0 Å². The lowest BCUT2D eigenvalue weighted by atomic mass is 9.84. The summed E-state index contributed by atoms with van der Waals surface area (Å²) in [6, 6.07) is 9.67. The van der Waals surface area contributed by atoms with E-state index in [1.807, 2.05) is 35.2 Å². The van der Waals surface area contributed by atoms with Gasteiger partial charge in [-0.15, -0.1) is 0 Å². The fraction of sp³-hybridized carbons (Fsp3) is 0.471. The van der Waals surface area contributed by atoms with Gasteiger partial charge in [-0.2, -0.15) is 0 Å². The summed E-state index contributed by atoms with van der Waals surface area (Å²) in [7, 11) is 0. The Balaban J connectivity index is 1.73. The summed E-state index contributed by atoms with van der Waals surface area (Å²) < 4.78 is 0. The predicted octanol–water partition coefficient (Wildman–Crippen LogP) is 0.697. The van der Waals surface area contributed by atoms with E-state index in [9.17, 15) is 9.90 Å². The smallest absolute Gasteiger partial charge is 0.245 e. The molecule has 0 radical (unpaired) electrons. The van der Waals surface area contributed by atoms with Gasteiger partial charge in [0.25, 0.3) is 0 Å². The van der Waals surface area contributed by atoms with Crippen molar-refractivity contribution in [2.75, 3.05) is 19.7 Å². The van der Waals surface area contributed by atoms with Crippen LogP contribution in [0.4, 0.5) is 0 Å². The highest BCUT2D eigenvalue weighted by molar-refractivity contribution is 5.93. The molecular formula is C17H23N3O2. The number of benzene rings is 1. The quantitative estimate of drug-likeness (QED) is 0.785. The van der Waals surface area contributed by atoms with E-state index in [2.05, 4.69) is 11.5 Å². The molecule has 2 aliphatic heterocycles. The Hall–Kier alpha value is -1.85. The zero-order chi connectivity index (χ0) is 15.7. The highest BCUT2D eigenvalue weighted by Gasteiger charge is 2.59. The molecule has 2 atom stereocenters. The molecule has 3 rings (SSSR count). The SMILES string of the molecule is C=C(N)C(CO)N1CCCC12CN(Cc1ccccc1)C2=O. The summed E-state index contributed by atoms with van der Waals surface area (Å²) in [6.07, 6.45) is 1.79. The lowest BCUT2D eigenvalue weighted by Crippen LogP contribution is -2.73. The number of likely N-dealkylation sites (tertiary alicyclic amines) is 2. The standard InChI is InChI=1S/C17H23N3O2/c1-13(18)15(11-21)20-9-5-8-17(20)12-19(16(17)22)10-14-6-3-2-4-7-14/h2-4,6-7,15,21H,1,5,8-12,18H2. The van der Waals surface area contributed by atoms with Gasteiger partial charge in [0.15, 0.2) is 0 Å². The van der Waals surface area contributed by atoms with Crippen molar-refractivity contribution in [1.29, 1.82) is 0 Å². The summed E-state index contributed by atoms with van der Waals surface area (Å²) in [4.78, 5) is 16.7. The number of hydrogen-bond donors (Lipinski definition) is 2. The lowest BCUT2D eigenvalue weighted by Gasteiger charge is -2.53. The molecule has 2 heterocycles. The second-order valence-corrected chi connectivity index (χ2v) is 6.25. The molecule has 2 unspecified atom stereocenters. The number of rotatable bonds is 5. The third-order valence-electron chi connectivity index (χ3n) is 4.87. The van der Waals surface area contributed by atoms with Crippen LogP contribution >= 0.6 is 0 Å². The molecule has 2 saturated heterocycles. The van der Waals surface area contributed by atoms with E-state index in [4.69, 9.17) is 5.73 Å². The molecule has 0 aromatic heterocycles. The molecule has 5 heteroatoms. The van der Waals surface area contributed by atoms with Gasteiger partial charge in [0, 0.05) is 25.3 Å². The highest BCUT2D eigenvalue weighted by Crippen LogP contribution is 2.41. The van der Waals surface area contributed by atoms with Crippen LogP contribution in [0.1, 0.15) is 18.4 Å². The molecule has 1 aromatic rings. The summed E-state index contributed by atoms with van der Waals surface area (Å²) in [5.74, 6) is 0.147. The first-order valence-corrected chi connectivity index (χ1v) is 7.73. The van der Waals surface area contributed by atoms with Crippen LogP contribution in [0.15, 0.2) is 42.6 Å². The Kier molecular flexibility index (Phi) is 3.93. The number of β-lactam (4-membered cyclic amide) rings is 1. The molecule has 1 amide bonds. The first kappa shape index (κ1) is 15.1. The molecule has 118 valence electrons. The summed E-state index contributed by atoms with van der Waals surface area (Å²) in [5, 5.41) is 9.59. The molecule has 5 nitrogen and oxygen atoms in total. The van der Waals surface area contributed by atoms with Crippen molar-refractivity contribution in [1.82, 2.24) is 9.80 Å². The molecular weight excluding hydrogens is 278 g/mol. The average Bonchev–Trinajstić information content (AvgIpc) is 2.94. The van der Waals surface area contributed by atoms with Gasteiger partial charge in [-0.25, -0.2) is 0 Å². The number of amides is 1. The lowest BCUT2D eigenvalue weighted by molar-refractivity contribution is -0.164. The molecule has 0 aliphatic carbocycles. The highest BCUT2D eigenvalue weighted by atomic mass is 16.3. The largest absolute Gasteiger partial charge is 0.401 e. The number of carbonyl (C=O) groups excluding carboxylic acids is 1. The minimum absolute atomic E-state index is 0.0942. The van der Waals surface area contributed by atoms with E-state index in [0.29, 0.717) is 18.8 Å². The van der Waals surface area contributed by atoms with Crippen LogP contribution in [-0.2, 0) is 11.3 Å². The summed E-state index contributed by atoms with van der Waals surface area (Å²) in [5.41, 5.74) is 6.89. The fourth-order valence-corrected chi connectivity index (χ4v) is 3.76. The maximum atomic E-state index is 12.8. The van der Waals surface area contributed by atoms with E-state index in [0.717, 1.165) is 24.9 Å². The minimum Gasteiger partial charge on any atom is -0.401 e. The van der Waals surface area contributed by atoms with Gasteiger partial charge in [0.05, 0.1) is 12.6 Å². The zero-order valence-corrected chi connectivity index (χ0v) is 12.7. The Bertz CT molecular complexity index is 575. The van der Waals surface area contributed by atoms with E-state index < -0.39 is 5.54 Å². The van der Waals surface area contributed by atoms with Crippen LogP contribution in [0.25, 0.3) is 0 Å². The van der Waals surface area contributed by atoms with E-state index >= 15 is 0 Å². The van der Waals surface area contributed by atoms with E-state index in [1.165, 1.54) is 0 Å². The Morgan fingerprint density at radius 3 is 2.73 bits per heavy atom. The van der Waals surface area contributed by atoms with Crippen molar-refractivity contribution in [3.05, 3.63) is 48.2 Å². The number of hydrogen-bond acceptors (Lipinski definition) is 4. The van der Waals surface area contributed by atoms with Crippen LogP contribution in [-0.4, -0.2) is 52.1 Å². The van der Waals surface area contributed by atoms with Gasteiger partial charge in [0.1, 0.15) is 5.54 Å². The maximum Gasteiger partial charge on any atom is 0.245 e. The topological polar surface area (TPSA) is 69.8 Å². The van der Waals surface area contributed by atoms with Crippen LogP contribution < -0.4 is 5.73 Å². The second kappa shape index (κ2) is 5.74. The Morgan fingerprint density at radius 2 is 2.14 bits per heavy atom. The van der Waals surface area contributed by atoms with E-state index in [1.54, 1.807) is 0 Å². The van der Waals surface area contributed by atoms with Gasteiger partial charge < -0.3 is 15.7 Å². The number of nitrogens with two attached hydrogens (primary N) is 1. The van der Waals surface area contributed by atoms with Crippen molar-refractivity contribution < 1.29 is 9.90 Å². The van der Waals surface area contributed by atoms with Crippen molar-refractivity contribution in [2.24, 2.45) is 5.73 Å². The molecule has 2 aliphatic rings. The summed E-state index contributed by atoms with van der Waals surface area (Å²) >= 11 is 0.